The van der Waals surface area contributed by atoms with Crippen molar-refractivity contribution < 1.29 is 27.6 Å². The maximum Gasteiger partial charge on any atom is 0.435 e. The van der Waals surface area contributed by atoms with Crippen molar-refractivity contribution in [3.8, 4) is 11.3 Å². The Balaban J connectivity index is 1.25. The zero-order valence-electron chi connectivity index (χ0n) is 24.9. The van der Waals surface area contributed by atoms with Crippen LogP contribution in [0.4, 0.5) is 18.9 Å². The number of allylic oxidation sites excluding steroid dienone is 2. The van der Waals surface area contributed by atoms with Gasteiger partial charge in [-0.15, -0.1) is 0 Å². The molecular weight excluding hydrogens is 613 g/mol. The minimum absolute atomic E-state index is 0.0201. The Labute approximate surface area is 262 Å². The lowest BCUT2D eigenvalue weighted by atomic mass is 9.96. The number of aromatic amines is 1. The maximum absolute atomic E-state index is 13.8. The summed E-state index contributed by atoms with van der Waals surface area (Å²) in [7, 11) is 1.44. The zero-order valence-corrected chi connectivity index (χ0v) is 25.6. The number of nitrogens with one attached hydrogen (secondary N) is 3. The molecule has 2 aliphatic heterocycles. The van der Waals surface area contributed by atoms with Crippen molar-refractivity contribution in [2.24, 2.45) is 13.0 Å². The van der Waals surface area contributed by atoms with Crippen LogP contribution >= 0.6 is 11.6 Å². The number of carbonyl (C=O) groups excluding carboxylic acids is 3. The summed E-state index contributed by atoms with van der Waals surface area (Å²) < 4.78 is 42.5. The first-order valence-corrected chi connectivity index (χ1v) is 15.0. The predicted octanol–water partition coefficient (Wildman–Crippen LogP) is 4.14. The van der Waals surface area contributed by atoms with Gasteiger partial charge in [0.05, 0.1) is 28.0 Å². The molecule has 0 unspecified atom stereocenters. The lowest BCUT2D eigenvalue weighted by molar-refractivity contribution is -0.140. The van der Waals surface area contributed by atoms with Crippen LogP contribution in [0.2, 0.25) is 5.02 Å². The molecule has 3 aromatic rings. The van der Waals surface area contributed by atoms with Crippen molar-refractivity contribution in [2.75, 3.05) is 44.6 Å². The average molecular weight is 647 g/mol. The fraction of sp³-hybridized carbons (Fsp3) is 0.433. The van der Waals surface area contributed by atoms with E-state index in [1.807, 2.05) is 4.90 Å². The number of piperazine rings is 1. The summed E-state index contributed by atoms with van der Waals surface area (Å²) in [6, 6.07) is 4.45. The highest BCUT2D eigenvalue weighted by atomic mass is 35.5. The van der Waals surface area contributed by atoms with Gasteiger partial charge in [-0.2, -0.15) is 18.3 Å². The van der Waals surface area contributed by atoms with Crippen molar-refractivity contribution in [1.29, 1.82) is 0 Å². The van der Waals surface area contributed by atoms with Gasteiger partial charge in [-0.3, -0.25) is 19.5 Å². The number of nitrogens with zero attached hydrogens (tertiary/aromatic N) is 5. The molecule has 3 amide bonds. The summed E-state index contributed by atoms with van der Waals surface area (Å²) in [6.07, 6.45) is 1.69. The Bertz CT molecular complexity index is 1600. The van der Waals surface area contributed by atoms with Gasteiger partial charge in [-0.05, 0) is 51.1 Å². The van der Waals surface area contributed by atoms with Crippen LogP contribution in [0.25, 0.3) is 11.3 Å². The molecule has 0 spiro atoms. The minimum atomic E-state index is -4.72. The highest BCUT2D eigenvalue weighted by Crippen LogP contribution is 2.38. The SMILES string of the molecule is C/C=C/Cc1[nH]nc(C(F)(F)F)c1-c1cnc(C(=O)Nc2ccc(C(=O)N3CCN(C(=O)C4CCNCC4)CC3)c(Cl)c2)n1C. The number of halogens is 4. The Hall–Kier alpha value is -4.17. The highest BCUT2D eigenvalue weighted by molar-refractivity contribution is 6.34. The number of H-pyrrole nitrogens is 1. The van der Waals surface area contributed by atoms with Crippen LogP contribution in [0, 0.1) is 5.92 Å². The van der Waals surface area contributed by atoms with E-state index in [1.165, 1.54) is 36.0 Å². The fourth-order valence-corrected chi connectivity index (χ4v) is 5.94. The molecule has 2 saturated heterocycles. The van der Waals surface area contributed by atoms with Gasteiger partial charge in [-0.25, -0.2) is 4.98 Å². The number of amides is 3. The van der Waals surface area contributed by atoms with Crippen LogP contribution in [0.3, 0.4) is 0 Å². The fourth-order valence-electron chi connectivity index (χ4n) is 5.68. The summed E-state index contributed by atoms with van der Waals surface area (Å²) >= 11 is 6.46. The smallest absolute Gasteiger partial charge is 0.339 e. The Morgan fingerprint density at radius 3 is 2.44 bits per heavy atom. The summed E-state index contributed by atoms with van der Waals surface area (Å²) in [5, 5.41) is 12.0. The molecule has 240 valence electrons. The van der Waals surface area contributed by atoms with Gasteiger partial charge in [0.2, 0.25) is 5.91 Å². The van der Waals surface area contributed by atoms with E-state index in [2.05, 4.69) is 25.8 Å². The number of imidazole rings is 1. The molecule has 0 radical (unpaired) electrons. The molecule has 15 heteroatoms. The highest BCUT2D eigenvalue weighted by Gasteiger charge is 2.39. The van der Waals surface area contributed by atoms with E-state index in [9.17, 15) is 27.6 Å². The molecule has 0 saturated carbocycles. The second-order valence-corrected chi connectivity index (χ2v) is 11.4. The molecule has 2 aliphatic rings. The molecule has 0 atom stereocenters. The largest absolute Gasteiger partial charge is 0.435 e. The molecule has 0 aliphatic carbocycles. The van der Waals surface area contributed by atoms with Crippen LogP contribution < -0.4 is 10.6 Å². The van der Waals surface area contributed by atoms with Gasteiger partial charge in [0, 0.05) is 56.9 Å². The quantitative estimate of drug-likeness (QED) is 0.331. The lowest BCUT2D eigenvalue weighted by Gasteiger charge is -2.37. The van der Waals surface area contributed by atoms with E-state index in [0.29, 0.717) is 26.2 Å². The van der Waals surface area contributed by atoms with Crippen molar-refractivity contribution >= 4 is 35.0 Å². The van der Waals surface area contributed by atoms with Crippen LogP contribution in [0.5, 0.6) is 0 Å². The zero-order chi connectivity index (χ0) is 32.3. The van der Waals surface area contributed by atoms with Crippen molar-refractivity contribution in [2.45, 2.75) is 32.4 Å². The summed E-state index contributed by atoms with van der Waals surface area (Å²) in [5.41, 5.74) is -0.456. The third-order valence-corrected chi connectivity index (χ3v) is 8.45. The molecule has 1 aromatic carbocycles. The van der Waals surface area contributed by atoms with E-state index in [-0.39, 0.29) is 63.2 Å². The molecule has 3 N–H and O–H groups in total. The first kappa shape index (κ1) is 32.2. The first-order valence-electron chi connectivity index (χ1n) is 14.7. The topological polar surface area (TPSA) is 128 Å². The van der Waals surface area contributed by atoms with Crippen LogP contribution in [0.15, 0.2) is 36.5 Å². The standard InChI is InChI=1S/C30H34ClF3N8O3/c1-3-4-5-22-24(25(39-38-22)30(32,33)34)23-17-36-26(40(23)2)27(43)37-19-6-7-20(21(31)16-19)29(45)42-14-12-41(13-15-42)28(44)18-8-10-35-11-9-18/h3-4,6-7,16-18,35H,5,8-15H2,1-2H3,(H,37,43)(H,38,39)/b4-3+. The molecule has 5 rings (SSSR count). The van der Waals surface area contributed by atoms with Crippen LogP contribution in [-0.2, 0) is 24.4 Å². The summed E-state index contributed by atoms with van der Waals surface area (Å²) in [6.45, 7) is 5.09. The predicted molar refractivity (Wildman–Crippen MR) is 162 cm³/mol. The van der Waals surface area contributed by atoms with E-state index in [0.717, 1.165) is 25.9 Å². The number of rotatable bonds is 7. The van der Waals surface area contributed by atoms with E-state index >= 15 is 0 Å². The van der Waals surface area contributed by atoms with E-state index in [4.69, 9.17) is 11.6 Å². The summed E-state index contributed by atoms with van der Waals surface area (Å²) in [5.74, 6) is -0.937. The molecule has 45 heavy (non-hydrogen) atoms. The molecule has 2 fully saturated rings. The number of hydrogen-bond acceptors (Lipinski definition) is 6. The molecule has 4 heterocycles. The van der Waals surface area contributed by atoms with Crippen molar-refractivity contribution in [3.05, 3.63) is 64.3 Å². The van der Waals surface area contributed by atoms with Gasteiger partial charge in [0.15, 0.2) is 11.5 Å². The molecule has 11 nitrogen and oxygen atoms in total. The number of hydrogen-bond donors (Lipinski definition) is 3. The van der Waals surface area contributed by atoms with Crippen molar-refractivity contribution in [3.63, 3.8) is 0 Å². The van der Waals surface area contributed by atoms with E-state index < -0.39 is 17.8 Å². The lowest BCUT2D eigenvalue weighted by Crippen LogP contribution is -2.52. The monoisotopic (exact) mass is 646 g/mol. The van der Waals surface area contributed by atoms with Crippen LogP contribution in [-0.4, -0.2) is 86.5 Å². The van der Waals surface area contributed by atoms with Gasteiger partial charge >= 0.3 is 6.18 Å². The van der Waals surface area contributed by atoms with Gasteiger partial charge in [-0.1, -0.05) is 23.8 Å². The molecule has 2 aromatic heterocycles. The Morgan fingerprint density at radius 2 is 1.80 bits per heavy atom. The summed E-state index contributed by atoms with van der Waals surface area (Å²) in [4.78, 5) is 46.8. The molecule has 0 bridgehead atoms. The number of anilines is 1. The van der Waals surface area contributed by atoms with Gasteiger partial charge in [0.1, 0.15) is 0 Å². The number of carbonyl (C=O) groups is 3. The molecular formula is C30H34ClF3N8O3. The van der Waals surface area contributed by atoms with Crippen LogP contribution in [0.1, 0.15) is 52.1 Å². The third kappa shape index (κ3) is 6.91. The van der Waals surface area contributed by atoms with Gasteiger partial charge < -0.3 is 25.0 Å². The number of aromatic nitrogens is 4. The third-order valence-electron chi connectivity index (χ3n) is 8.14. The van der Waals surface area contributed by atoms with Gasteiger partial charge in [0.25, 0.3) is 11.8 Å². The van der Waals surface area contributed by atoms with E-state index in [1.54, 1.807) is 24.0 Å². The minimum Gasteiger partial charge on any atom is -0.339 e. The Kier molecular flexibility index (Phi) is 9.63. The maximum atomic E-state index is 13.8. The second-order valence-electron chi connectivity index (χ2n) is 11.0. The number of alkyl halides is 3. The Morgan fingerprint density at radius 1 is 1.11 bits per heavy atom. The first-order chi connectivity index (χ1) is 21.5. The van der Waals surface area contributed by atoms with Crippen molar-refractivity contribution in [1.82, 2.24) is 34.9 Å². The number of piperidine rings is 1. The second kappa shape index (κ2) is 13.4. The normalized spacial score (nSPS) is 16.4. The average Bonchev–Trinajstić information content (AvgIpc) is 3.63. The number of benzene rings is 1.